The molecule has 3 N–H and O–H groups in total. The third-order valence-corrected chi connectivity index (χ3v) is 3.73. The number of hydrogen-bond acceptors (Lipinski definition) is 2. The Morgan fingerprint density at radius 3 is 2.78 bits per heavy atom. The predicted molar refractivity (Wildman–Crippen MR) is 75.7 cm³/mol. The molecule has 98 valence electrons. The predicted octanol–water partition coefficient (Wildman–Crippen LogP) is 2.79. The molecule has 18 heavy (non-hydrogen) atoms. The third-order valence-electron chi connectivity index (χ3n) is 3.73. The molecule has 0 aromatic heterocycles. The second-order valence-electron chi connectivity index (χ2n) is 5.40. The molecule has 0 saturated carbocycles. The molecule has 0 amide bonds. The molecule has 1 fully saturated rings. The van der Waals surface area contributed by atoms with Crippen molar-refractivity contribution in [3.8, 4) is 0 Å². The van der Waals surface area contributed by atoms with Crippen molar-refractivity contribution < 1.29 is 0 Å². The van der Waals surface area contributed by atoms with Gasteiger partial charge in [0, 0.05) is 19.0 Å². The molecule has 1 aromatic carbocycles. The second-order valence-corrected chi connectivity index (χ2v) is 5.40. The van der Waals surface area contributed by atoms with Gasteiger partial charge in [-0.25, -0.2) is 0 Å². The Morgan fingerprint density at radius 2 is 2.17 bits per heavy atom. The van der Waals surface area contributed by atoms with Crippen LogP contribution in [0.3, 0.4) is 0 Å². The third kappa shape index (κ3) is 3.33. The molecule has 2 atom stereocenters. The van der Waals surface area contributed by atoms with E-state index in [4.69, 9.17) is 11.1 Å². The van der Waals surface area contributed by atoms with E-state index in [1.165, 1.54) is 18.4 Å². The molecule has 3 nitrogen and oxygen atoms in total. The number of benzene rings is 1. The van der Waals surface area contributed by atoms with Gasteiger partial charge in [0.1, 0.15) is 0 Å². The molecule has 1 aliphatic rings. The Kier molecular flexibility index (Phi) is 4.37. The Morgan fingerprint density at radius 1 is 1.44 bits per heavy atom. The number of hydrogen-bond donors (Lipinski definition) is 2. The number of nitrogens with one attached hydrogen (secondary N) is 1. The Labute approximate surface area is 109 Å². The summed E-state index contributed by atoms with van der Waals surface area (Å²) < 4.78 is 0. The molecule has 1 aliphatic heterocycles. The van der Waals surface area contributed by atoms with Gasteiger partial charge >= 0.3 is 0 Å². The highest BCUT2D eigenvalue weighted by Crippen LogP contribution is 2.29. The maximum absolute atomic E-state index is 7.59. The second kappa shape index (κ2) is 6.01. The molecule has 1 heterocycles. The van der Waals surface area contributed by atoms with E-state index in [1.54, 1.807) is 0 Å². The first-order chi connectivity index (χ1) is 8.66. The molecule has 1 aromatic rings. The minimum absolute atomic E-state index is 0.270. The van der Waals surface area contributed by atoms with Crippen LogP contribution in [0.25, 0.3) is 0 Å². The standard InChI is InChI=1S/C15H23N3/c1-12-6-5-9-18(11-12)14(10-15(16)17)13-7-3-2-4-8-13/h2-4,7-8,12,14H,5-6,9-11H2,1H3,(H3,16,17). The average Bonchev–Trinajstić information content (AvgIpc) is 2.37. The van der Waals surface area contributed by atoms with Crippen LogP contribution in [0.5, 0.6) is 0 Å². The molecule has 1 saturated heterocycles. The summed E-state index contributed by atoms with van der Waals surface area (Å²) in [5.41, 5.74) is 6.91. The van der Waals surface area contributed by atoms with Gasteiger partial charge < -0.3 is 5.73 Å². The van der Waals surface area contributed by atoms with Crippen molar-refractivity contribution in [2.24, 2.45) is 11.7 Å². The van der Waals surface area contributed by atoms with Gasteiger partial charge in [-0.3, -0.25) is 10.3 Å². The van der Waals surface area contributed by atoms with Gasteiger partial charge in [0.25, 0.3) is 0 Å². The zero-order valence-corrected chi connectivity index (χ0v) is 11.1. The van der Waals surface area contributed by atoms with E-state index in [9.17, 15) is 0 Å². The Balaban J connectivity index is 2.16. The van der Waals surface area contributed by atoms with Gasteiger partial charge in [0.05, 0.1) is 5.84 Å². The minimum atomic E-state index is 0.270. The van der Waals surface area contributed by atoms with Crippen LogP contribution in [-0.2, 0) is 0 Å². The van der Waals surface area contributed by atoms with Crippen molar-refractivity contribution >= 4 is 5.84 Å². The molecular formula is C15H23N3. The van der Waals surface area contributed by atoms with Crippen LogP contribution in [0.2, 0.25) is 0 Å². The topological polar surface area (TPSA) is 53.1 Å². The van der Waals surface area contributed by atoms with Gasteiger partial charge in [0.15, 0.2) is 0 Å². The fraction of sp³-hybridized carbons (Fsp3) is 0.533. The van der Waals surface area contributed by atoms with E-state index in [2.05, 4.69) is 36.1 Å². The van der Waals surface area contributed by atoms with Gasteiger partial charge in [-0.15, -0.1) is 0 Å². The SMILES string of the molecule is CC1CCCN(C(CC(=N)N)c2ccccc2)C1. The summed E-state index contributed by atoms with van der Waals surface area (Å²) in [7, 11) is 0. The van der Waals surface area contributed by atoms with Gasteiger partial charge in [-0.2, -0.15) is 0 Å². The summed E-state index contributed by atoms with van der Waals surface area (Å²) in [5.74, 6) is 1.03. The van der Waals surface area contributed by atoms with Crippen molar-refractivity contribution in [3.05, 3.63) is 35.9 Å². The highest BCUT2D eigenvalue weighted by atomic mass is 15.2. The van der Waals surface area contributed by atoms with E-state index < -0.39 is 0 Å². The van der Waals surface area contributed by atoms with Crippen molar-refractivity contribution in [1.29, 1.82) is 5.41 Å². The maximum atomic E-state index is 7.59. The first kappa shape index (κ1) is 13.1. The molecule has 0 bridgehead atoms. The summed E-state index contributed by atoms with van der Waals surface area (Å²) in [5, 5.41) is 7.59. The largest absolute Gasteiger partial charge is 0.388 e. The molecule has 0 aliphatic carbocycles. The number of rotatable bonds is 4. The molecule has 2 unspecified atom stereocenters. The Hall–Kier alpha value is -1.35. The lowest BCUT2D eigenvalue weighted by Gasteiger charge is -2.37. The van der Waals surface area contributed by atoms with Crippen molar-refractivity contribution in [2.45, 2.75) is 32.2 Å². The summed E-state index contributed by atoms with van der Waals surface area (Å²) in [6.45, 7) is 4.55. The van der Waals surface area contributed by atoms with Crippen LogP contribution in [0.4, 0.5) is 0 Å². The van der Waals surface area contributed by atoms with Gasteiger partial charge in [0.2, 0.25) is 0 Å². The van der Waals surface area contributed by atoms with Crippen LogP contribution < -0.4 is 5.73 Å². The lowest BCUT2D eigenvalue weighted by atomic mass is 9.94. The first-order valence-electron chi connectivity index (χ1n) is 6.78. The lowest BCUT2D eigenvalue weighted by molar-refractivity contribution is 0.132. The number of likely N-dealkylation sites (tertiary alicyclic amines) is 1. The summed E-state index contributed by atoms with van der Waals surface area (Å²) in [6.07, 6.45) is 3.21. The van der Waals surface area contributed by atoms with Crippen molar-refractivity contribution in [2.75, 3.05) is 13.1 Å². The van der Waals surface area contributed by atoms with Crippen molar-refractivity contribution in [1.82, 2.24) is 4.90 Å². The summed E-state index contributed by atoms with van der Waals surface area (Å²) in [6, 6.07) is 10.7. The number of amidine groups is 1. The first-order valence-corrected chi connectivity index (χ1v) is 6.78. The normalized spacial score (nSPS) is 22.6. The van der Waals surface area contributed by atoms with E-state index in [0.29, 0.717) is 6.42 Å². The minimum Gasteiger partial charge on any atom is -0.388 e. The summed E-state index contributed by atoms with van der Waals surface area (Å²) >= 11 is 0. The Bertz CT molecular complexity index is 388. The molecular weight excluding hydrogens is 222 g/mol. The zero-order chi connectivity index (χ0) is 13.0. The average molecular weight is 245 g/mol. The fourth-order valence-electron chi connectivity index (χ4n) is 2.85. The lowest BCUT2D eigenvalue weighted by Crippen LogP contribution is -2.39. The van der Waals surface area contributed by atoms with Gasteiger partial charge in [-0.05, 0) is 30.9 Å². The highest BCUT2D eigenvalue weighted by Gasteiger charge is 2.25. The fourth-order valence-corrected chi connectivity index (χ4v) is 2.85. The van der Waals surface area contributed by atoms with Crippen LogP contribution in [0.1, 0.15) is 37.8 Å². The number of nitrogens with two attached hydrogens (primary N) is 1. The molecule has 0 radical (unpaired) electrons. The van der Waals surface area contributed by atoms with Gasteiger partial charge in [-0.1, -0.05) is 37.3 Å². The molecule has 0 spiro atoms. The zero-order valence-electron chi connectivity index (χ0n) is 11.1. The van der Waals surface area contributed by atoms with E-state index in [-0.39, 0.29) is 11.9 Å². The highest BCUT2D eigenvalue weighted by molar-refractivity contribution is 5.77. The van der Waals surface area contributed by atoms with Crippen LogP contribution in [0.15, 0.2) is 30.3 Å². The van der Waals surface area contributed by atoms with Crippen LogP contribution in [0, 0.1) is 11.3 Å². The van der Waals surface area contributed by atoms with Crippen molar-refractivity contribution in [3.63, 3.8) is 0 Å². The molecule has 2 rings (SSSR count). The van der Waals surface area contributed by atoms with Crippen LogP contribution >= 0.6 is 0 Å². The molecule has 3 heteroatoms. The number of nitrogens with zero attached hydrogens (tertiary/aromatic N) is 1. The smallest absolute Gasteiger partial charge is 0.0924 e. The van der Waals surface area contributed by atoms with E-state index in [1.807, 2.05) is 6.07 Å². The monoisotopic (exact) mass is 245 g/mol. The quantitative estimate of drug-likeness (QED) is 0.633. The van der Waals surface area contributed by atoms with Crippen LogP contribution in [-0.4, -0.2) is 23.8 Å². The van der Waals surface area contributed by atoms with E-state index in [0.717, 1.165) is 19.0 Å². The maximum Gasteiger partial charge on any atom is 0.0924 e. The summed E-state index contributed by atoms with van der Waals surface area (Å²) in [4.78, 5) is 2.49. The van der Waals surface area contributed by atoms with E-state index >= 15 is 0 Å². The number of piperidine rings is 1.